The second-order valence-electron chi connectivity index (χ2n) is 7.39. The van der Waals surface area contributed by atoms with Gasteiger partial charge in [0.1, 0.15) is 12.1 Å². The number of anilines is 1. The first kappa shape index (κ1) is 21.5. The third-order valence-corrected chi connectivity index (χ3v) is 6.94. The molecule has 0 unspecified atom stereocenters. The summed E-state index contributed by atoms with van der Waals surface area (Å²) in [5, 5.41) is 8.75. The van der Waals surface area contributed by atoms with Crippen LogP contribution in [0.2, 0.25) is 15.1 Å². The highest BCUT2D eigenvalue weighted by Gasteiger charge is 2.41. The van der Waals surface area contributed by atoms with Gasteiger partial charge in [-0.25, -0.2) is 4.98 Å². The molecule has 1 aliphatic heterocycles. The minimum absolute atomic E-state index is 0.130. The van der Waals surface area contributed by atoms with E-state index in [0.717, 1.165) is 27.0 Å². The largest absolute Gasteiger partial charge is 0.326 e. The SMILES string of the molecule is Clc1ccc([C@H]2[C@@H](n3ccnc3)C(c3ccc(Br)cc3)=NN2c2ccc(Cl)c(Cl)c2)cc1. The molecule has 0 fully saturated rings. The highest BCUT2D eigenvalue weighted by molar-refractivity contribution is 9.10. The van der Waals surface area contributed by atoms with E-state index in [2.05, 4.69) is 37.6 Å². The molecule has 1 aliphatic rings. The van der Waals surface area contributed by atoms with E-state index in [0.29, 0.717) is 15.1 Å². The maximum atomic E-state index is 6.37. The van der Waals surface area contributed by atoms with E-state index in [1.807, 2.05) is 66.1 Å². The Labute approximate surface area is 209 Å². The molecule has 1 aromatic heterocycles. The number of rotatable bonds is 4. The van der Waals surface area contributed by atoms with Crippen LogP contribution in [0.1, 0.15) is 23.2 Å². The smallest absolute Gasteiger partial charge is 0.106 e. The number of benzene rings is 3. The number of nitrogens with zero attached hydrogens (tertiary/aromatic N) is 4. The lowest BCUT2D eigenvalue weighted by Crippen LogP contribution is -2.28. The molecule has 0 saturated heterocycles. The maximum absolute atomic E-state index is 6.37. The third-order valence-electron chi connectivity index (χ3n) is 5.42. The van der Waals surface area contributed by atoms with E-state index in [1.165, 1.54) is 0 Å². The van der Waals surface area contributed by atoms with Crippen molar-refractivity contribution < 1.29 is 0 Å². The molecule has 160 valence electrons. The summed E-state index contributed by atoms with van der Waals surface area (Å²) in [6.45, 7) is 0. The summed E-state index contributed by atoms with van der Waals surface area (Å²) in [5.41, 5.74) is 3.85. The molecule has 0 aliphatic carbocycles. The van der Waals surface area contributed by atoms with Crippen molar-refractivity contribution in [3.8, 4) is 0 Å². The van der Waals surface area contributed by atoms with Crippen molar-refractivity contribution in [2.75, 3.05) is 5.01 Å². The number of hydrogen-bond donors (Lipinski definition) is 0. The molecule has 0 spiro atoms. The van der Waals surface area contributed by atoms with Gasteiger partial charge in [-0.3, -0.25) is 5.01 Å². The molecule has 5 rings (SSSR count). The van der Waals surface area contributed by atoms with Crippen LogP contribution in [-0.2, 0) is 0 Å². The van der Waals surface area contributed by atoms with Gasteiger partial charge in [0.15, 0.2) is 0 Å². The van der Waals surface area contributed by atoms with Gasteiger partial charge in [0.2, 0.25) is 0 Å². The van der Waals surface area contributed by atoms with Crippen LogP contribution in [-0.4, -0.2) is 15.3 Å². The van der Waals surface area contributed by atoms with Gasteiger partial charge < -0.3 is 4.57 Å². The van der Waals surface area contributed by atoms with E-state index < -0.39 is 0 Å². The van der Waals surface area contributed by atoms with Crippen LogP contribution in [0.3, 0.4) is 0 Å². The van der Waals surface area contributed by atoms with Gasteiger partial charge in [-0.15, -0.1) is 0 Å². The summed E-state index contributed by atoms with van der Waals surface area (Å²) in [6, 6.07) is 21.3. The molecule has 0 amide bonds. The predicted molar refractivity (Wildman–Crippen MR) is 135 cm³/mol. The Morgan fingerprint density at radius 2 is 1.56 bits per heavy atom. The summed E-state index contributed by atoms with van der Waals surface area (Å²) >= 11 is 22.3. The van der Waals surface area contributed by atoms with E-state index in [1.54, 1.807) is 12.3 Å². The van der Waals surface area contributed by atoms with Crippen molar-refractivity contribution in [3.63, 3.8) is 0 Å². The van der Waals surface area contributed by atoms with E-state index in [9.17, 15) is 0 Å². The second-order valence-corrected chi connectivity index (χ2v) is 9.55. The fourth-order valence-corrected chi connectivity index (χ4v) is 4.62. The number of halogens is 4. The Balaban J connectivity index is 1.71. The van der Waals surface area contributed by atoms with Crippen molar-refractivity contribution in [1.29, 1.82) is 0 Å². The monoisotopic (exact) mass is 544 g/mol. The molecule has 0 bridgehead atoms. The maximum Gasteiger partial charge on any atom is 0.106 e. The average Bonchev–Trinajstić information content (AvgIpc) is 3.45. The van der Waals surface area contributed by atoms with Crippen LogP contribution in [0.5, 0.6) is 0 Å². The Morgan fingerprint density at radius 1 is 0.812 bits per heavy atom. The van der Waals surface area contributed by atoms with Crippen LogP contribution in [0.25, 0.3) is 0 Å². The average molecular weight is 547 g/mol. The normalized spacial score (nSPS) is 18.1. The van der Waals surface area contributed by atoms with Crippen LogP contribution < -0.4 is 5.01 Å². The predicted octanol–water partition coefficient (Wildman–Crippen LogP) is 7.81. The van der Waals surface area contributed by atoms with Gasteiger partial charge in [0, 0.05) is 27.5 Å². The Hall–Kier alpha value is -2.31. The first-order valence-electron chi connectivity index (χ1n) is 9.83. The first-order chi connectivity index (χ1) is 15.5. The van der Waals surface area contributed by atoms with Gasteiger partial charge in [0.05, 0.1) is 27.8 Å². The number of aromatic nitrogens is 2. The molecule has 4 aromatic rings. The minimum atomic E-state index is -0.155. The molecular weight excluding hydrogens is 531 g/mol. The summed E-state index contributed by atoms with van der Waals surface area (Å²) in [5.74, 6) is 0. The van der Waals surface area contributed by atoms with Crippen molar-refractivity contribution in [2.24, 2.45) is 5.10 Å². The van der Waals surface area contributed by atoms with Gasteiger partial charge in [-0.2, -0.15) is 5.10 Å². The molecule has 3 aromatic carbocycles. The molecule has 0 N–H and O–H groups in total. The lowest BCUT2D eigenvalue weighted by Gasteiger charge is -2.29. The number of hydrogen-bond acceptors (Lipinski definition) is 3. The third kappa shape index (κ3) is 4.06. The lowest BCUT2D eigenvalue weighted by atomic mass is 9.92. The summed E-state index contributed by atoms with van der Waals surface area (Å²) < 4.78 is 3.09. The fraction of sp³-hybridized carbons (Fsp3) is 0.0833. The first-order valence-corrected chi connectivity index (χ1v) is 11.8. The highest BCUT2D eigenvalue weighted by atomic mass is 79.9. The van der Waals surface area contributed by atoms with Crippen molar-refractivity contribution in [2.45, 2.75) is 12.1 Å². The van der Waals surface area contributed by atoms with Crippen LogP contribution in [0, 0.1) is 0 Å². The molecule has 0 radical (unpaired) electrons. The zero-order valence-corrected chi connectivity index (χ0v) is 20.4. The number of imidazole rings is 1. The fourth-order valence-electron chi connectivity index (χ4n) is 3.94. The molecule has 0 saturated carbocycles. The number of hydrazone groups is 1. The Morgan fingerprint density at radius 3 is 2.22 bits per heavy atom. The quantitative estimate of drug-likeness (QED) is 0.262. The van der Waals surface area contributed by atoms with Gasteiger partial charge in [0.25, 0.3) is 0 Å². The Bertz CT molecular complexity index is 1270. The summed E-state index contributed by atoms with van der Waals surface area (Å²) in [4.78, 5) is 4.30. The van der Waals surface area contributed by atoms with Crippen LogP contribution in [0.4, 0.5) is 5.69 Å². The van der Waals surface area contributed by atoms with Crippen molar-refractivity contribution >= 4 is 62.1 Å². The molecule has 2 atom stereocenters. The summed E-state index contributed by atoms with van der Waals surface area (Å²) in [7, 11) is 0. The van der Waals surface area contributed by atoms with E-state index in [-0.39, 0.29) is 12.1 Å². The second kappa shape index (κ2) is 8.91. The van der Waals surface area contributed by atoms with Crippen molar-refractivity contribution in [3.05, 3.63) is 116 Å². The molecule has 2 heterocycles. The summed E-state index contributed by atoms with van der Waals surface area (Å²) in [6.07, 6.45) is 5.56. The topological polar surface area (TPSA) is 33.4 Å². The van der Waals surface area contributed by atoms with E-state index >= 15 is 0 Å². The standard InChI is InChI=1S/C24H16BrCl3N4/c25-17-5-1-15(2-6-17)22-24(31-12-11-29-14-31)23(16-3-7-18(26)8-4-16)32(30-22)19-9-10-20(27)21(28)13-19/h1-14,23-24H/t23-,24-/m0/s1. The lowest BCUT2D eigenvalue weighted by molar-refractivity contribution is 0.527. The zero-order chi connectivity index (χ0) is 22.2. The van der Waals surface area contributed by atoms with Crippen molar-refractivity contribution in [1.82, 2.24) is 9.55 Å². The van der Waals surface area contributed by atoms with Gasteiger partial charge in [-0.05, 0) is 48.0 Å². The minimum Gasteiger partial charge on any atom is -0.326 e. The zero-order valence-electron chi connectivity index (χ0n) is 16.5. The van der Waals surface area contributed by atoms with E-state index in [4.69, 9.17) is 39.9 Å². The molecule has 32 heavy (non-hydrogen) atoms. The van der Waals surface area contributed by atoms with Gasteiger partial charge >= 0.3 is 0 Å². The highest BCUT2D eigenvalue weighted by Crippen LogP contribution is 2.44. The van der Waals surface area contributed by atoms with Crippen LogP contribution in [0.15, 0.2) is 95.0 Å². The van der Waals surface area contributed by atoms with Gasteiger partial charge in [-0.1, -0.05) is 75.0 Å². The molecule has 8 heteroatoms. The van der Waals surface area contributed by atoms with Crippen LogP contribution >= 0.6 is 50.7 Å². The molecule has 4 nitrogen and oxygen atoms in total. The Kier molecular flexibility index (Phi) is 5.99. The molecular formula is C24H16BrCl3N4.